The molecule has 0 aliphatic carbocycles. The molecule has 1 fully saturated rings. The Morgan fingerprint density at radius 1 is 1.09 bits per heavy atom. The van der Waals surface area contributed by atoms with Gasteiger partial charge in [-0.15, -0.1) is 13.2 Å². The van der Waals surface area contributed by atoms with Gasteiger partial charge < -0.3 is 15.4 Å². The number of hydrogen-bond acceptors (Lipinski definition) is 4. The number of ether oxygens (including phenoxy) is 1. The molecule has 3 aromatic rings. The lowest BCUT2D eigenvalue weighted by Gasteiger charge is -2.25. The van der Waals surface area contributed by atoms with Gasteiger partial charge in [0.25, 0.3) is 5.91 Å². The van der Waals surface area contributed by atoms with E-state index in [0.29, 0.717) is 11.3 Å². The molecule has 1 amide bonds. The highest BCUT2D eigenvalue weighted by molar-refractivity contribution is 6.05. The highest BCUT2D eigenvalue weighted by atomic mass is 19.4. The van der Waals surface area contributed by atoms with Crippen molar-refractivity contribution in [3.05, 3.63) is 71.0 Å². The summed E-state index contributed by atoms with van der Waals surface area (Å²) < 4.78 is 42.8. The van der Waals surface area contributed by atoms with Crippen LogP contribution in [0.25, 0.3) is 5.69 Å². The number of nitrogens with zero attached hydrogens (tertiary/aromatic N) is 2. The molecular formula is C24H25F3N4O2. The summed E-state index contributed by atoms with van der Waals surface area (Å²) in [6.07, 6.45) is -1.46. The number of hydrogen-bond donors (Lipinski definition) is 2. The van der Waals surface area contributed by atoms with E-state index in [-0.39, 0.29) is 17.6 Å². The minimum Gasteiger partial charge on any atom is -0.406 e. The number of alkyl halides is 3. The molecular weight excluding hydrogens is 433 g/mol. The Kier molecular flexibility index (Phi) is 6.42. The lowest BCUT2D eigenvalue weighted by atomic mass is 9.91. The Morgan fingerprint density at radius 3 is 2.42 bits per heavy atom. The van der Waals surface area contributed by atoms with Crippen molar-refractivity contribution in [3.63, 3.8) is 0 Å². The second kappa shape index (κ2) is 9.27. The SMILES string of the molecule is Cc1ccc(-n2ncc(C(=O)Nc3ccc(OC(F)(F)F)cc3)c2C2CCNCC2)cc1C. The van der Waals surface area contributed by atoms with Crippen molar-refractivity contribution >= 4 is 11.6 Å². The minimum atomic E-state index is -4.77. The lowest BCUT2D eigenvalue weighted by Crippen LogP contribution is -2.29. The van der Waals surface area contributed by atoms with Crippen molar-refractivity contribution < 1.29 is 22.7 Å². The van der Waals surface area contributed by atoms with Crippen LogP contribution in [-0.4, -0.2) is 35.1 Å². The number of nitrogens with one attached hydrogen (secondary N) is 2. The Hall–Kier alpha value is -3.33. The standard InChI is InChI=1S/C24H25F3N4O2/c1-15-3-6-19(13-16(15)2)31-22(17-9-11-28-12-10-17)21(14-29-31)23(32)30-18-4-7-20(8-5-18)33-24(25,26)27/h3-8,13-14,17,28H,9-12H2,1-2H3,(H,30,32). The van der Waals surface area contributed by atoms with Crippen molar-refractivity contribution in [1.82, 2.24) is 15.1 Å². The van der Waals surface area contributed by atoms with Crippen LogP contribution < -0.4 is 15.4 Å². The fourth-order valence-electron chi connectivity index (χ4n) is 4.02. The van der Waals surface area contributed by atoms with Gasteiger partial charge >= 0.3 is 6.36 Å². The van der Waals surface area contributed by atoms with Crippen molar-refractivity contribution in [3.8, 4) is 11.4 Å². The van der Waals surface area contributed by atoms with Crippen molar-refractivity contribution in [2.24, 2.45) is 0 Å². The largest absolute Gasteiger partial charge is 0.573 e. The lowest BCUT2D eigenvalue weighted by molar-refractivity contribution is -0.274. The van der Waals surface area contributed by atoms with Crippen LogP contribution in [0.5, 0.6) is 5.75 Å². The third-order valence-electron chi connectivity index (χ3n) is 5.86. The summed E-state index contributed by atoms with van der Waals surface area (Å²) >= 11 is 0. The summed E-state index contributed by atoms with van der Waals surface area (Å²) in [6.45, 7) is 5.78. The Balaban J connectivity index is 1.63. The van der Waals surface area contributed by atoms with Crippen LogP contribution in [0.3, 0.4) is 0 Å². The monoisotopic (exact) mass is 458 g/mol. The molecule has 0 saturated carbocycles. The van der Waals surface area contributed by atoms with Gasteiger partial charge in [0.2, 0.25) is 0 Å². The van der Waals surface area contributed by atoms with Gasteiger partial charge in [0.05, 0.1) is 23.1 Å². The smallest absolute Gasteiger partial charge is 0.406 e. The summed E-state index contributed by atoms with van der Waals surface area (Å²) in [5.74, 6) is -0.555. The van der Waals surface area contributed by atoms with E-state index in [0.717, 1.165) is 55.0 Å². The number of benzene rings is 2. The Morgan fingerprint density at radius 2 is 1.79 bits per heavy atom. The fraction of sp³-hybridized carbons (Fsp3) is 0.333. The predicted octanol–water partition coefficient (Wildman–Crippen LogP) is 5.11. The van der Waals surface area contributed by atoms with Crippen LogP contribution in [0.4, 0.5) is 18.9 Å². The summed E-state index contributed by atoms with van der Waals surface area (Å²) in [5.41, 5.74) is 4.85. The highest BCUT2D eigenvalue weighted by Gasteiger charge is 2.31. The molecule has 0 bridgehead atoms. The third kappa shape index (κ3) is 5.36. The molecule has 0 radical (unpaired) electrons. The van der Waals surface area contributed by atoms with Crippen molar-refractivity contribution in [1.29, 1.82) is 0 Å². The minimum absolute atomic E-state index is 0.152. The number of rotatable bonds is 5. The fourth-order valence-corrected chi connectivity index (χ4v) is 4.02. The zero-order valence-corrected chi connectivity index (χ0v) is 18.4. The number of amides is 1. The first-order valence-corrected chi connectivity index (χ1v) is 10.7. The first-order chi connectivity index (χ1) is 15.7. The number of halogens is 3. The number of aryl methyl sites for hydroxylation is 2. The molecule has 33 heavy (non-hydrogen) atoms. The van der Waals surface area contributed by atoms with E-state index in [9.17, 15) is 18.0 Å². The van der Waals surface area contributed by atoms with Gasteiger partial charge in [-0.3, -0.25) is 4.79 Å². The van der Waals surface area contributed by atoms with Gasteiger partial charge in [0.1, 0.15) is 5.75 Å². The van der Waals surface area contributed by atoms with E-state index in [1.807, 2.05) is 36.7 Å². The maximum Gasteiger partial charge on any atom is 0.573 e. The number of aromatic nitrogens is 2. The van der Waals surface area contributed by atoms with Crippen LogP contribution in [0.1, 0.15) is 45.9 Å². The van der Waals surface area contributed by atoms with E-state index in [1.54, 1.807) is 6.20 Å². The summed E-state index contributed by atoms with van der Waals surface area (Å²) in [7, 11) is 0. The average Bonchev–Trinajstić information content (AvgIpc) is 3.22. The molecule has 9 heteroatoms. The second-order valence-corrected chi connectivity index (χ2v) is 8.17. The van der Waals surface area contributed by atoms with E-state index >= 15 is 0 Å². The molecule has 0 atom stereocenters. The molecule has 1 aromatic heterocycles. The van der Waals surface area contributed by atoms with Gasteiger partial charge in [-0.05, 0) is 87.3 Å². The van der Waals surface area contributed by atoms with Gasteiger partial charge in [0, 0.05) is 11.6 Å². The molecule has 0 unspecified atom stereocenters. The van der Waals surface area contributed by atoms with Crippen molar-refractivity contribution in [2.45, 2.75) is 39.0 Å². The summed E-state index contributed by atoms with van der Waals surface area (Å²) in [5, 5.41) is 10.6. The molecule has 0 spiro atoms. The van der Waals surface area contributed by atoms with Crippen LogP contribution in [0.15, 0.2) is 48.7 Å². The molecule has 1 saturated heterocycles. The Bertz CT molecular complexity index is 1130. The van der Waals surface area contributed by atoms with Crippen LogP contribution in [0.2, 0.25) is 0 Å². The molecule has 1 aliphatic rings. The molecule has 2 heterocycles. The van der Waals surface area contributed by atoms with Gasteiger partial charge in [-0.25, -0.2) is 4.68 Å². The van der Waals surface area contributed by atoms with E-state index < -0.39 is 6.36 Å². The van der Waals surface area contributed by atoms with Gasteiger partial charge in [-0.1, -0.05) is 6.07 Å². The van der Waals surface area contributed by atoms with Crippen LogP contribution >= 0.6 is 0 Å². The van der Waals surface area contributed by atoms with Gasteiger partial charge in [-0.2, -0.15) is 5.10 Å². The second-order valence-electron chi connectivity index (χ2n) is 8.17. The quantitative estimate of drug-likeness (QED) is 0.558. The molecule has 6 nitrogen and oxygen atoms in total. The Labute approximate surface area is 189 Å². The maximum atomic E-state index is 13.2. The molecule has 174 valence electrons. The summed E-state index contributed by atoms with van der Waals surface area (Å²) in [6, 6.07) is 11.1. The first kappa shape index (κ1) is 22.8. The van der Waals surface area contributed by atoms with E-state index in [2.05, 4.69) is 20.5 Å². The summed E-state index contributed by atoms with van der Waals surface area (Å²) in [4.78, 5) is 13.2. The van der Waals surface area contributed by atoms with E-state index in [1.165, 1.54) is 17.7 Å². The van der Waals surface area contributed by atoms with Crippen LogP contribution in [-0.2, 0) is 0 Å². The average molecular weight is 458 g/mol. The number of carbonyl (C=O) groups is 1. The van der Waals surface area contributed by atoms with Crippen molar-refractivity contribution in [2.75, 3.05) is 18.4 Å². The molecule has 2 N–H and O–H groups in total. The third-order valence-corrected chi connectivity index (χ3v) is 5.86. The number of carbonyl (C=O) groups excluding carboxylic acids is 1. The zero-order valence-electron chi connectivity index (χ0n) is 18.4. The highest BCUT2D eigenvalue weighted by Crippen LogP contribution is 2.31. The molecule has 2 aromatic carbocycles. The van der Waals surface area contributed by atoms with Crippen LogP contribution in [0, 0.1) is 13.8 Å². The normalized spacial score (nSPS) is 14.8. The molecule has 1 aliphatic heterocycles. The number of piperidine rings is 1. The van der Waals surface area contributed by atoms with E-state index in [4.69, 9.17) is 0 Å². The van der Waals surface area contributed by atoms with Gasteiger partial charge in [0.15, 0.2) is 0 Å². The maximum absolute atomic E-state index is 13.2. The molecule has 4 rings (SSSR count). The number of anilines is 1. The predicted molar refractivity (Wildman–Crippen MR) is 119 cm³/mol. The topological polar surface area (TPSA) is 68.2 Å². The first-order valence-electron chi connectivity index (χ1n) is 10.7. The zero-order chi connectivity index (χ0) is 23.6.